The molecule has 2 aromatic heterocycles. The first-order valence-corrected chi connectivity index (χ1v) is 6.63. The zero-order chi connectivity index (χ0) is 15.9. The van der Waals surface area contributed by atoms with Crippen molar-refractivity contribution in [2.24, 2.45) is 7.05 Å². The average Bonchev–Trinajstić information content (AvgIpc) is 2.55. The van der Waals surface area contributed by atoms with Crippen LogP contribution in [0.25, 0.3) is 11.4 Å². The number of aromatic nitrogens is 4. The lowest BCUT2D eigenvalue weighted by Crippen LogP contribution is -2.20. The second-order valence-electron chi connectivity index (χ2n) is 4.32. The number of rotatable bonds is 5. The molecular formula is C16H16N4O2. The molecule has 22 heavy (non-hydrogen) atoms. The molecule has 0 atom stereocenters. The zero-order valence-electron chi connectivity index (χ0n) is 12.4. The van der Waals surface area contributed by atoms with Crippen molar-refractivity contribution in [2.75, 3.05) is 0 Å². The minimum atomic E-state index is -0.243. The lowest BCUT2D eigenvalue weighted by atomic mass is 10.3. The van der Waals surface area contributed by atoms with Crippen LogP contribution in [-0.4, -0.2) is 19.5 Å². The van der Waals surface area contributed by atoms with E-state index in [1.165, 1.54) is 17.0 Å². The Balaban J connectivity index is 2.46. The van der Waals surface area contributed by atoms with Crippen LogP contribution >= 0.6 is 0 Å². The van der Waals surface area contributed by atoms with Gasteiger partial charge in [-0.2, -0.15) is 4.98 Å². The third-order valence-corrected chi connectivity index (χ3v) is 2.80. The predicted octanol–water partition coefficient (Wildman–Crippen LogP) is 2.26. The fraction of sp³-hybridized carbons (Fsp3) is 0.125. The first-order valence-electron chi connectivity index (χ1n) is 6.63. The van der Waals surface area contributed by atoms with E-state index < -0.39 is 0 Å². The van der Waals surface area contributed by atoms with Crippen LogP contribution < -0.4 is 10.3 Å². The van der Waals surface area contributed by atoms with Crippen LogP contribution in [0.1, 0.15) is 6.92 Å². The highest BCUT2D eigenvalue weighted by Gasteiger charge is 2.10. The molecular weight excluding hydrogens is 280 g/mol. The van der Waals surface area contributed by atoms with Gasteiger partial charge in [0.25, 0.3) is 5.56 Å². The second kappa shape index (κ2) is 7.12. The van der Waals surface area contributed by atoms with Crippen molar-refractivity contribution in [1.29, 1.82) is 0 Å². The highest BCUT2D eigenvalue weighted by molar-refractivity contribution is 5.52. The normalized spacial score (nSPS) is 11.6. The number of allylic oxidation sites excluding steroid dienone is 4. The molecule has 0 saturated heterocycles. The van der Waals surface area contributed by atoms with Gasteiger partial charge in [-0.15, -0.1) is 0 Å². The molecule has 6 nitrogen and oxygen atoms in total. The van der Waals surface area contributed by atoms with E-state index in [1.807, 2.05) is 19.1 Å². The molecule has 0 spiro atoms. The van der Waals surface area contributed by atoms with Crippen LogP contribution in [0.5, 0.6) is 6.01 Å². The maximum Gasteiger partial charge on any atom is 0.305 e. The van der Waals surface area contributed by atoms with Gasteiger partial charge < -0.3 is 4.74 Å². The van der Waals surface area contributed by atoms with Gasteiger partial charge in [0.05, 0.1) is 11.4 Å². The smallest absolute Gasteiger partial charge is 0.305 e. The third kappa shape index (κ3) is 3.54. The predicted molar refractivity (Wildman–Crippen MR) is 84.2 cm³/mol. The third-order valence-electron chi connectivity index (χ3n) is 2.80. The summed E-state index contributed by atoms with van der Waals surface area (Å²) in [6.07, 6.45) is 9.93. The summed E-state index contributed by atoms with van der Waals surface area (Å²) in [5, 5.41) is 0. The highest BCUT2D eigenvalue weighted by atomic mass is 16.5. The molecule has 2 rings (SSSR count). The van der Waals surface area contributed by atoms with E-state index in [1.54, 1.807) is 31.5 Å². The van der Waals surface area contributed by atoms with Crippen LogP contribution in [0.4, 0.5) is 0 Å². The lowest BCUT2D eigenvalue weighted by Gasteiger charge is -2.10. The van der Waals surface area contributed by atoms with Gasteiger partial charge >= 0.3 is 6.01 Å². The molecule has 2 heterocycles. The van der Waals surface area contributed by atoms with Crippen molar-refractivity contribution < 1.29 is 4.74 Å². The molecule has 0 N–H and O–H groups in total. The Morgan fingerprint density at radius 2 is 2.23 bits per heavy atom. The molecule has 0 aliphatic carbocycles. The minimum Gasteiger partial charge on any atom is -0.425 e. The van der Waals surface area contributed by atoms with Gasteiger partial charge in [0.1, 0.15) is 12.1 Å². The number of hydrogen-bond acceptors (Lipinski definition) is 5. The van der Waals surface area contributed by atoms with Crippen molar-refractivity contribution in [1.82, 2.24) is 19.5 Å². The maximum absolute atomic E-state index is 12.1. The Morgan fingerprint density at radius 1 is 1.41 bits per heavy atom. The van der Waals surface area contributed by atoms with Gasteiger partial charge in [0, 0.05) is 19.3 Å². The molecule has 0 aliphatic heterocycles. The van der Waals surface area contributed by atoms with E-state index in [0.29, 0.717) is 17.1 Å². The molecule has 112 valence electrons. The summed E-state index contributed by atoms with van der Waals surface area (Å²) in [6.45, 7) is 5.57. The number of ether oxygens (including phenoxy) is 1. The molecule has 0 radical (unpaired) electrons. The topological polar surface area (TPSA) is 69.9 Å². The first-order chi connectivity index (χ1) is 10.7. The molecule has 0 fully saturated rings. The van der Waals surface area contributed by atoms with E-state index in [-0.39, 0.29) is 11.6 Å². The van der Waals surface area contributed by atoms with Crippen molar-refractivity contribution in [3.05, 3.63) is 71.7 Å². The fourth-order valence-corrected chi connectivity index (χ4v) is 1.62. The van der Waals surface area contributed by atoms with Gasteiger partial charge in [-0.1, -0.05) is 18.7 Å². The summed E-state index contributed by atoms with van der Waals surface area (Å²) in [7, 11) is 1.59. The zero-order valence-corrected chi connectivity index (χ0v) is 12.4. The monoisotopic (exact) mass is 296 g/mol. The molecule has 0 aromatic carbocycles. The summed E-state index contributed by atoms with van der Waals surface area (Å²) in [6, 6.07) is 3.24. The summed E-state index contributed by atoms with van der Waals surface area (Å²) in [5.74, 6) is 0.487. The summed E-state index contributed by atoms with van der Waals surface area (Å²) in [4.78, 5) is 24.3. The van der Waals surface area contributed by atoms with Crippen molar-refractivity contribution >= 4 is 0 Å². The van der Waals surface area contributed by atoms with E-state index in [4.69, 9.17) is 4.74 Å². The van der Waals surface area contributed by atoms with E-state index >= 15 is 0 Å². The molecule has 0 bridgehead atoms. The second-order valence-corrected chi connectivity index (χ2v) is 4.32. The van der Waals surface area contributed by atoms with Crippen molar-refractivity contribution in [3.8, 4) is 17.4 Å². The van der Waals surface area contributed by atoms with Gasteiger partial charge in [-0.05, 0) is 25.1 Å². The van der Waals surface area contributed by atoms with E-state index in [2.05, 4.69) is 21.5 Å². The van der Waals surface area contributed by atoms with Crippen LogP contribution in [0.15, 0.2) is 66.1 Å². The summed E-state index contributed by atoms with van der Waals surface area (Å²) < 4.78 is 6.96. The Kier molecular flexibility index (Phi) is 4.98. The Morgan fingerprint density at radius 3 is 2.86 bits per heavy atom. The van der Waals surface area contributed by atoms with Crippen LogP contribution in [0, 0.1) is 0 Å². The van der Waals surface area contributed by atoms with Gasteiger partial charge in [-0.3, -0.25) is 9.36 Å². The minimum absolute atomic E-state index is 0.164. The first kappa shape index (κ1) is 15.4. The molecule has 0 saturated carbocycles. The van der Waals surface area contributed by atoms with E-state index in [9.17, 15) is 4.79 Å². The van der Waals surface area contributed by atoms with Gasteiger partial charge in [0.2, 0.25) is 0 Å². The maximum atomic E-state index is 12.1. The van der Waals surface area contributed by atoms with Crippen LogP contribution in [0.3, 0.4) is 0 Å². The fourth-order valence-electron chi connectivity index (χ4n) is 1.62. The largest absolute Gasteiger partial charge is 0.425 e. The molecule has 0 amide bonds. The number of hydrogen-bond donors (Lipinski definition) is 0. The average molecular weight is 296 g/mol. The quantitative estimate of drug-likeness (QED) is 0.625. The van der Waals surface area contributed by atoms with E-state index in [0.717, 1.165) is 0 Å². The standard InChI is InChI=1S/C16H16N4O2/c1-4-6-7-12(5-2)22-16-19-14(10-15(21)20(16)3)13-8-9-17-11-18-13/h4-11H,2H2,1,3H3. The SMILES string of the molecule is C=CC(=CC=CC)Oc1nc(-c2ccncn2)cc(=O)n1C. The van der Waals surface area contributed by atoms with Crippen LogP contribution in [-0.2, 0) is 7.05 Å². The molecule has 0 aliphatic rings. The molecule has 2 aromatic rings. The highest BCUT2D eigenvalue weighted by Crippen LogP contribution is 2.16. The Labute approximate surface area is 128 Å². The molecule has 6 heteroatoms. The van der Waals surface area contributed by atoms with Crippen molar-refractivity contribution in [2.45, 2.75) is 6.92 Å². The van der Waals surface area contributed by atoms with Crippen LogP contribution in [0.2, 0.25) is 0 Å². The number of nitrogens with zero attached hydrogens (tertiary/aromatic N) is 4. The Bertz CT molecular complexity index is 776. The molecule has 0 unspecified atom stereocenters. The summed E-state index contributed by atoms with van der Waals surface area (Å²) in [5.41, 5.74) is 0.734. The van der Waals surface area contributed by atoms with Crippen molar-refractivity contribution in [3.63, 3.8) is 0 Å². The summed E-state index contributed by atoms with van der Waals surface area (Å²) >= 11 is 0. The van der Waals surface area contributed by atoms with Gasteiger partial charge in [0.15, 0.2) is 0 Å². The Hall–Kier alpha value is -3.02. The lowest BCUT2D eigenvalue weighted by molar-refractivity contribution is 0.383. The van der Waals surface area contributed by atoms with Gasteiger partial charge in [-0.25, -0.2) is 9.97 Å².